The van der Waals surface area contributed by atoms with Gasteiger partial charge in [0.25, 0.3) is 0 Å². The lowest BCUT2D eigenvalue weighted by atomic mass is 10.2. The zero-order chi connectivity index (χ0) is 10.7. The van der Waals surface area contributed by atoms with Crippen LogP contribution in [0.15, 0.2) is 35.7 Å². The highest BCUT2D eigenvalue weighted by Gasteiger charge is 2.06. The van der Waals surface area contributed by atoms with Crippen LogP contribution < -0.4 is 4.90 Å². The quantitative estimate of drug-likeness (QED) is 0.786. The Morgan fingerprint density at radius 1 is 1.27 bits per heavy atom. The van der Waals surface area contributed by atoms with Gasteiger partial charge in [-0.3, -0.25) is 0 Å². The van der Waals surface area contributed by atoms with Gasteiger partial charge in [0.1, 0.15) is 0 Å². The van der Waals surface area contributed by atoms with Crippen LogP contribution in [0.25, 0.3) is 11.3 Å². The van der Waals surface area contributed by atoms with Crippen molar-refractivity contribution in [1.82, 2.24) is 4.98 Å². The zero-order valence-electron chi connectivity index (χ0n) is 8.97. The Bertz CT molecular complexity index is 422. The third kappa shape index (κ3) is 2.18. The minimum Gasteiger partial charge on any atom is -0.351 e. The van der Waals surface area contributed by atoms with Crippen molar-refractivity contribution in [3.63, 3.8) is 0 Å². The van der Waals surface area contributed by atoms with Gasteiger partial charge in [0.15, 0.2) is 5.13 Å². The molecule has 2 aromatic rings. The molecule has 2 nitrogen and oxygen atoms in total. The number of anilines is 1. The number of hydrogen-bond donors (Lipinski definition) is 0. The van der Waals surface area contributed by atoms with E-state index in [0.29, 0.717) is 0 Å². The Labute approximate surface area is 94.2 Å². The first kappa shape index (κ1) is 10.2. The summed E-state index contributed by atoms with van der Waals surface area (Å²) in [6.07, 6.45) is 0. The summed E-state index contributed by atoms with van der Waals surface area (Å²) in [6, 6.07) is 10.3. The third-order valence-electron chi connectivity index (χ3n) is 2.36. The fourth-order valence-electron chi connectivity index (χ4n) is 1.32. The maximum atomic E-state index is 4.60. The molecule has 0 bridgehead atoms. The highest BCUT2D eigenvalue weighted by molar-refractivity contribution is 7.14. The summed E-state index contributed by atoms with van der Waals surface area (Å²) >= 11 is 1.69. The van der Waals surface area contributed by atoms with Crippen molar-refractivity contribution in [3.8, 4) is 11.3 Å². The number of thiazole rings is 1. The first-order valence-corrected chi connectivity index (χ1v) is 5.91. The monoisotopic (exact) mass is 218 g/mol. The Balaban J connectivity index is 2.28. The first-order chi connectivity index (χ1) is 7.31. The van der Waals surface area contributed by atoms with Crippen LogP contribution >= 0.6 is 11.3 Å². The van der Waals surface area contributed by atoms with Gasteiger partial charge >= 0.3 is 0 Å². The molecule has 0 unspecified atom stereocenters. The van der Waals surface area contributed by atoms with Crippen molar-refractivity contribution in [2.24, 2.45) is 0 Å². The van der Waals surface area contributed by atoms with E-state index in [-0.39, 0.29) is 0 Å². The maximum Gasteiger partial charge on any atom is 0.185 e. The Hall–Kier alpha value is -1.35. The predicted octanol–water partition coefficient (Wildman–Crippen LogP) is 3.27. The summed E-state index contributed by atoms with van der Waals surface area (Å²) < 4.78 is 0. The topological polar surface area (TPSA) is 16.1 Å². The van der Waals surface area contributed by atoms with E-state index in [9.17, 15) is 0 Å². The molecular weight excluding hydrogens is 204 g/mol. The molecule has 0 atom stereocenters. The summed E-state index contributed by atoms with van der Waals surface area (Å²) in [4.78, 5) is 6.75. The van der Waals surface area contributed by atoms with Crippen molar-refractivity contribution < 1.29 is 0 Å². The minimum absolute atomic E-state index is 0.988. The molecular formula is C12H14N2S. The summed E-state index contributed by atoms with van der Waals surface area (Å²) in [6.45, 7) is 3.12. The number of benzene rings is 1. The lowest BCUT2D eigenvalue weighted by Gasteiger charge is -2.11. The van der Waals surface area contributed by atoms with Gasteiger partial charge in [0.2, 0.25) is 0 Å². The second kappa shape index (κ2) is 4.45. The molecule has 0 fully saturated rings. The van der Waals surface area contributed by atoms with Gasteiger partial charge in [-0.1, -0.05) is 30.3 Å². The van der Waals surface area contributed by atoms with E-state index in [0.717, 1.165) is 17.4 Å². The van der Waals surface area contributed by atoms with E-state index in [1.165, 1.54) is 5.56 Å². The van der Waals surface area contributed by atoms with Crippen molar-refractivity contribution in [2.75, 3.05) is 18.5 Å². The first-order valence-electron chi connectivity index (χ1n) is 5.03. The lowest BCUT2D eigenvalue weighted by Crippen LogP contribution is -2.15. The average molecular weight is 218 g/mol. The molecule has 0 aliphatic carbocycles. The molecule has 2 rings (SSSR count). The molecule has 0 N–H and O–H groups in total. The zero-order valence-corrected chi connectivity index (χ0v) is 9.79. The molecule has 1 aromatic carbocycles. The van der Waals surface area contributed by atoms with Crippen LogP contribution in [0.1, 0.15) is 6.92 Å². The van der Waals surface area contributed by atoms with Gasteiger partial charge in [-0.2, -0.15) is 0 Å². The van der Waals surface area contributed by atoms with Gasteiger partial charge in [0.05, 0.1) is 5.69 Å². The summed E-state index contributed by atoms with van der Waals surface area (Å²) in [5, 5.41) is 3.19. The van der Waals surface area contributed by atoms with Crippen LogP contribution in [0.4, 0.5) is 5.13 Å². The molecule has 1 heterocycles. The van der Waals surface area contributed by atoms with Crippen molar-refractivity contribution in [2.45, 2.75) is 6.92 Å². The summed E-state index contributed by atoms with van der Waals surface area (Å²) in [7, 11) is 2.06. The molecule has 0 spiro atoms. The molecule has 0 saturated heterocycles. The summed E-state index contributed by atoms with van der Waals surface area (Å²) in [5.74, 6) is 0. The van der Waals surface area contributed by atoms with E-state index < -0.39 is 0 Å². The fourth-order valence-corrected chi connectivity index (χ4v) is 2.18. The number of rotatable bonds is 3. The van der Waals surface area contributed by atoms with E-state index in [4.69, 9.17) is 0 Å². The molecule has 0 aliphatic rings. The van der Waals surface area contributed by atoms with Crippen LogP contribution in [-0.4, -0.2) is 18.6 Å². The van der Waals surface area contributed by atoms with Crippen LogP contribution in [0.2, 0.25) is 0 Å². The van der Waals surface area contributed by atoms with Gasteiger partial charge < -0.3 is 4.90 Å². The van der Waals surface area contributed by atoms with Crippen LogP contribution in [0.5, 0.6) is 0 Å². The number of nitrogens with zero attached hydrogens (tertiary/aromatic N) is 2. The van der Waals surface area contributed by atoms with Gasteiger partial charge in [-0.25, -0.2) is 4.98 Å². The Kier molecular flexibility index (Phi) is 3.02. The third-order valence-corrected chi connectivity index (χ3v) is 3.32. The maximum absolute atomic E-state index is 4.60. The number of aromatic nitrogens is 1. The van der Waals surface area contributed by atoms with E-state index in [2.05, 4.69) is 41.4 Å². The van der Waals surface area contributed by atoms with E-state index in [1.807, 2.05) is 18.2 Å². The van der Waals surface area contributed by atoms with Crippen LogP contribution in [-0.2, 0) is 0 Å². The molecule has 3 heteroatoms. The van der Waals surface area contributed by atoms with Crippen molar-refractivity contribution in [3.05, 3.63) is 35.7 Å². The second-order valence-corrected chi connectivity index (χ2v) is 4.23. The van der Waals surface area contributed by atoms with Crippen molar-refractivity contribution >= 4 is 16.5 Å². The normalized spacial score (nSPS) is 10.3. The number of hydrogen-bond acceptors (Lipinski definition) is 3. The lowest BCUT2D eigenvalue weighted by molar-refractivity contribution is 0.958. The minimum atomic E-state index is 0.988. The van der Waals surface area contributed by atoms with Gasteiger partial charge in [-0.15, -0.1) is 11.3 Å². The largest absolute Gasteiger partial charge is 0.351 e. The second-order valence-electron chi connectivity index (χ2n) is 3.40. The summed E-state index contributed by atoms with van der Waals surface area (Å²) in [5.41, 5.74) is 2.25. The van der Waals surface area contributed by atoms with Gasteiger partial charge in [0, 0.05) is 24.5 Å². The fraction of sp³-hybridized carbons (Fsp3) is 0.250. The Morgan fingerprint density at radius 3 is 2.67 bits per heavy atom. The average Bonchev–Trinajstić information content (AvgIpc) is 2.78. The molecule has 15 heavy (non-hydrogen) atoms. The molecule has 0 amide bonds. The molecule has 0 radical (unpaired) electrons. The van der Waals surface area contributed by atoms with Crippen LogP contribution in [0.3, 0.4) is 0 Å². The molecule has 1 aromatic heterocycles. The molecule has 78 valence electrons. The highest BCUT2D eigenvalue weighted by Crippen LogP contribution is 2.26. The predicted molar refractivity (Wildman–Crippen MR) is 66.5 cm³/mol. The van der Waals surface area contributed by atoms with Crippen LogP contribution in [0, 0.1) is 0 Å². The smallest absolute Gasteiger partial charge is 0.185 e. The molecule has 0 saturated carbocycles. The van der Waals surface area contributed by atoms with E-state index in [1.54, 1.807) is 11.3 Å². The SMILES string of the molecule is CCN(C)c1nc(-c2ccccc2)cs1. The van der Waals surface area contributed by atoms with Gasteiger partial charge in [-0.05, 0) is 6.92 Å². The van der Waals surface area contributed by atoms with E-state index >= 15 is 0 Å². The highest BCUT2D eigenvalue weighted by atomic mass is 32.1. The van der Waals surface area contributed by atoms with Crippen molar-refractivity contribution in [1.29, 1.82) is 0 Å². The standard InChI is InChI=1S/C12H14N2S/c1-3-14(2)12-13-11(9-15-12)10-7-5-4-6-8-10/h4-9H,3H2,1-2H3. The molecule has 0 aliphatic heterocycles. The Morgan fingerprint density at radius 2 is 2.00 bits per heavy atom.